The molecule has 1 heterocycles. The number of nitro benzene ring substituents is 1. The van der Waals surface area contributed by atoms with Crippen LogP contribution >= 0.6 is 0 Å². The molecular formula is C20H20N2O4. The first kappa shape index (κ1) is 16.4. The van der Waals surface area contributed by atoms with Crippen molar-refractivity contribution in [2.75, 3.05) is 12.4 Å². The lowest BCUT2D eigenvalue weighted by Crippen LogP contribution is -2.29. The minimum absolute atomic E-state index is 0.0390. The summed E-state index contributed by atoms with van der Waals surface area (Å²) in [4.78, 5) is 10.9. The van der Waals surface area contributed by atoms with E-state index in [-0.39, 0.29) is 34.2 Å². The van der Waals surface area contributed by atoms with Gasteiger partial charge < -0.3 is 15.2 Å². The van der Waals surface area contributed by atoms with E-state index in [1.807, 2.05) is 19.1 Å². The van der Waals surface area contributed by atoms with Crippen LogP contribution in [0.25, 0.3) is 0 Å². The number of anilines is 1. The van der Waals surface area contributed by atoms with Gasteiger partial charge in [0.2, 0.25) is 0 Å². The topological polar surface area (TPSA) is 84.6 Å². The van der Waals surface area contributed by atoms with Crippen molar-refractivity contribution < 1.29 is 14.8 Å². The zero-order chi connectivity index (χ0) is 18.4. The molecule has 1 aliphatic carbocycles. The molecule has 1 aliphatic heterocycles. The van der Waals surface area contributed by atoms with Crippen molar-refractivity contribution >= 4 is 11.4 Å². The third-order valence-corrected chi connectivity index (χ3v) is 5.42. The van der Waals surface area contributed by atoms with Gasteiger partial charge in [-0.25, -0.2) is 0 Å². The fourth-order valence-electron chi connectivity index (χ4n) is 4.19. The molecule has 0 bridgehead atoms. The van der Waals surface area contributed by atoms with Crippen LogP contribution in [0.1, 0.15) is 35.1 Å². The molecule has 2 aromatic rings. The van der Waals surface area contributed by atoms with Crippen molar-refractivity contribution in [2.45, 2.75) is 25.3 Å². The van der Waals surface area contributed by atoms with E-state index in [4.69, 9.17) is 4.74 Å². The SMILES string of the molecule is COc1cc(C2Nc3c(C)cc([N+](=O)[O-])cc3C3C=CCC32)ccc1O. The first-order chi connectivity index (χ1) is 12.5. The van der Waals surface area contributed by atoms with Crippen molar-refractivity contribution in [3.8, 4) is 11.5 Å². The van der Waals surface area contributed by atoms with Crippen LogP contribution in [0.2, 0.25) is 0 Å². The van der Waals surface area contributed by atoms with E-state index >= 15 is 0 Å². The highest BCUT2D eigenvalue weighted by Crippen LogP contribution is 2.52. The molecule has 4 rings (SSSR count). The zero-order valence-electron chi connectivity index (χ0n) is 14.6. The molecular weight excluding hydrogens is 332 g/mol. The maximum Gasteiger partial charge on any atom is 0.270 e. The molecule has 134 valence electrons. The van der Waals surface area contributed by atoms with Crippen LogP contribution < -0.4 is 10.1 Å². The summed E-state index contributed by atoms with van der Waals surface area (Å²) in [6.45, 7) is 1.90. The van der Waals surface area contributed by atoms with Crippen LogP contribution in [0, 0.1) is 23.0 Å². The number of ether oxygens (including phenoxy) is 1. The highest BCUT2D eigenvalue weighted by molar-refractivity contribution is 5.67. The molecule has 6 nitrogen and oxygen atoms in total. The number of nitro groups is 1. The van der Waals surface area contributed by atoms with Crippen LogP contribution in [0.15, 0.2) is 42.5 Å². The zero-order valence-corrected chi connectivity index (χ0v) is 14.6. The highest BCUT2D eigenvalue weighted by Gasteiger charge is 2.39. The normalized spacial score (nSPS) is 23.1. The second kappa shape index (κ2) is 6.05. The number of hydrogen-bond acceptors (Lipinski definition) is 5. The smallest absolute Gasteiger partial charge is 0.270 e. The third kappa shape index (κ3) is 2.49. The fourth-order valence-corrected chi connectivity index (χ4v) is 4.19. The van der Waals surface area contributed by atoms with Crippen LogP contribution in [-0.2, 0) is 0 Å². The van der Waals surface area contributed by atoms with E-state index < -0.39 is 0 Å². The monoisotopic (exact) mass is 352 g/mol. The maximum absolute atomic E-state index is 11.2. The lowest BCUT2D eigenvalue weighted by atomic mass is 9.76. The van der Waals surface area contributed by atoms with Gasteiger partial charge in [0, 0.05) is 23.7 Å². The van der Waals surface area contributed by atoms with Gasteiger partial charge in [0.05, 0.1) is 18.1 Å². The summed E-state index contributed by atoms with van der Waals surface area (Å²) in [7, 11) is 1.53. The van der Waals surface area contributed by atoms with Gasteiger partial charge >= 0.3 is 0 Å². The first-order valence-electron chi connectivity index (χ1n) is 8.58. The number of benzene rings is 2. The highest BCUT2D eigenvalue weighted by atomic mass is 16.6. The predicted octanol–water partition coefficient (Wildman–Crippen LogP) is 4.44. The fraction of sp³-hybridized carbons (Fsp3) is 0.300. The molecule has 6 heteroatoms. The molecule has 0 saturated heterocycles. The van der Waals surface area contributed by atoms with Crippen LogP contribution in [0.3, 0.4) is 0 Å². The van der Waals surface area contributed by atoms with E-state index in [1.54, 1.807) is 18.2 Å². The Morgan fingerprint density at radius 2 is 2.12 bits per heavy atom. The summed E-state index contributed by atoms with van der Waals surface area (Å²) >= 11 is 0. The Bertz CT molecular complexity index is 922. The van der Waals surface area contributed by atoms with Crippen molar-refractivity contribution in [3.05, 3.63) is 69.3 Å². The standard InChI is InChI=1S/C20H20N2O4/c1-11-8-13(22(24)25)10-16-14-4-3-5-15(14)20(21-19(11)16)12-6-7-17(23)18(9-12)26-2/h3-4,6-10,14-15,20-21,23H,5H2,1-2H3. The number of hydrogen-bond donors (Lipinski definition) is 2. The Kier molecular flexibility index (Phi) is 3.83. The van der Waals surface area contributed by atoms with Gasteiger partial charge in [-0.2, -0.15) is 0 Å². The lowest BCUT2D eigenvalue weighted by Gasteiger charge is -2.38. The quantitative estimate of drug-likeness (QED) is 0.484. The van der Waals surface area contributed by atoms with Crippen LogP contribution in [0.4, 0.5) is 11.4 Å². The number of phenols is 1. The van der Waals surface area contributed by atoms with E-state index in [0.29, 0.717) is 5.75 Å². The third-order valence-electron chi connectivity index (χ3n) is 5.42. The molecule has 2 aromatic carbocycles. The molecule has 0 aromatic heterocycles. The summed E-state index contributed by atoms with van der Waals surface area (Å²) in [5.41, 5.74) is 3.97. The van der Waals surface area contributed by atoms with Crippen LogP contribution in [0.5, 0.6) is 11.5 Å². The summed E-state index contributed by atoms with van der Waals surface area (Å²) in [5.74, 6) is 0.950. The van der Waals surface area contributed by atoms with Gasteiger partial charge in [-0.1, -0.05) is 18.2 Å². The number of allylic oxidation sites excluding steroid dienone is 2. The Morgan fingerprint density at radius 1 is 1.31 bits per heavy atom. The second-order valence-corrected chi connectivity index (χ2v) is 6.89. The Hall–Kier alpha value is -3.02. The number of fused-ring (bicyclic) bond motifs is 3. The van der Waals surface area contributed by atoms with Gasteiger partial charge in [0.15, 0.2) is 11.5 Å². The lowest BCUT2D eigenvalue weighted by molar-refractivity contribution is -0.385. The molecule has 0 radical (unpaired) electrons. The Labute approximate surface area is 151 Å². The average Bonchev–Trinajstić information content (AvgIpc) is 3.11. The number of nitrogens with zero attached hydrogens (tertiary/aromatic N) is 1. The van der Waals surface area contributed by atoms with Gasteiger partial charge in [-0.05, 0) is 48.1 Å². The average molecular weight is 352 g/mol. The predicted molar refractivity (Wildman–Crippen MR) is 98.8 cm³/mol. The van der Waals surface area contributed by atoms with Crippen LogP contribution in [-0.4, -0.2) is 17.1 Å². The molecule has 0 fully saturated rings. The number of aromatic hydroxyl groups is 1. The molecule has 26 heavy (non-hydrogen) atoms. The molecule has 3 atom stereocenters. The molecule has 0 spiro atoms. The molecule has 2 aliphatic rings. The number of phenolic OH excluding ortho intramolecular Hbond substituents is 1. The largest absolute Gasteiger partial charge is 0.504 e. The Morgan fingerprint density at radius 3 is 2.85 bits per heavy atom. The van der Waals surface area contributed by atoms with Gasteiger partial charge in [-0.15, -0.1) is 0 Å². The minimum atomic E-state index is -0.335. The molecule has 3 unspecified atom stereocenters. The van der Waals surface area contributed by atoms with Gasteiger partial charge in [0.25, 0.3) is 5.69 Å². The van der Waals surface area contributed by atoms with Crippen molar-refractivity contribution in [2.24, 2.45) is 5.92 Å². The van der Waals surface area contributed by atoms with E-state index in [9.17, 15) is 15.2 Å². The number of aryl methyl sites for hydroxylation is 1. The minimum Gasteiger partial charge on any atom is -0.504 e. The van der Waals surface area contributed by atoms with Gasteiger partial charge in [-0.3, -0.25) is 10.1 Å². The second-order valence-electron chi connectivity index (χ2n) is 6.89. The van der Waals surface area contributed by atoms with E-state index in [1.165, 1.54) is 7.11 Å². The number of methoxy groups -OCH3 is 1. The number of rotatable bonds is 3. The first-order valence-corrected chi connectivity index (χ1v) is 8.58. The Balaban J connectivity index is 1.81. The number of non-ortho nitro benzene ring substituents is 1. The maximum atomic E-state index is 11.2. The van der Waals surface area contributed by atoms with Gasteiger partial charge in [0.1, 0.15) is 0 Å². The van der Waals surface area contributed by atoms with E-state index in [2.05, 4.69) is 17.5 Å². The summed E-state index contributed by atoms with van der Waals surface area (Å²) in [5, 5.41) is 24.7. The molecule has 0 amide bonds. The summed E-state index contributed by atoms with van der Waals surface area (Å²) in [6.07, 6.45) is 5.19. The number of nitrogens with one attached hydrogen (secondary N) is 1. The van der Waals surface area contributed by atoms with Crippen molar-refractivity contribution in [1.82, 2.24) is 0 Å². The van der Waals surface area contributed by atoms with Crippen molar-refractivity contribution in [1.29, 1.82) is 0 Å². The molecule has 0 saturated carbocycles. The summed E-state index contributed by atoms with van der Waals surface area (Å²) in [6, 6.07) is 8.74. The van der Waals surface area contributed by atoms with Crippen molar-refractivity contribution in [3.63, 3.8) is 0 Å². The molecule has 2 N–H and O–H groups in total. The van der Waals surface area contributed by atoms with E-state index in [0.717, 1.165) is 28.8 Å². The summed E-state index contributed by atoms with van der Waals surface area (Å²) < 4.78 is 5.25.